The van der Waals surface area contributed by atoms with Gasteiger partial charge in [-0.15, -0.1) is 0 Å². The summed E-state index contributed by atoms with van der Waals surface area (Å²) in [7, 11) is 0. The molecule has 0 spiro atoms. The van der Waals surface area contributed by atoms with Gasteiger partial charge in [-0.25, -0.2) is 4.98 Å². The standard InChI is InChI=1S/C25H27N3O3/c1-5-6-19(22-14-21-23(28-22)26-16-27-24(21)29)13-17(2)7-8-18-9-11-20(12-10-18)31-15-25(3,4)30/h5-14,16,30H,2,15H2,1,3-4H3,(H2,26,27,28,29)/b6-5-,8-7+,19-13+. The van der Waals surface area contributed by atoms with Crippen LogP contribution in [0, 0.1) is 0 Å². The second-order valence-corrected chi connectivity index (χ2v) is 7.86. The fraction of sp³-hybridized carbons (Fsp3) is 0.200. The Kier molecular flexibility index (Phi) is 6.72. The van der Waals surface area contributed by atoms with Crippen LogP contribution in [0.15, 0.2) is 77.9 Å². The number of ether oxygens (including phenoxy) is 1. The normalized spacial score (nSPS) is 12.8. The number of nitrogens with zero attached hydrogens (tertiary/aromatic N) is 1. The van der Waals surface area contributed by atoms with Crippen molar-refractivity contribution in [1.29, 1.82) is 0 Å². The summed E-state index contributed by atoms with van der Waals surface area (Å²) in [5.41, 5.74) is 2.98. The molecule has 160 valence electrons. The molecule has 0 bridgehead atoms. The Balaban J connectivity index is 1.75. The summed E-state index contributed by atoms with van der Waals surface area (Å²) in [5, 5.41) is 10.3. The molecule has 0 saturated carbocycles. The molecule has 0 aliphatic carbocycles. The molecule has 31 heavy (non-hydrogen) atoms. The van der Waals surface area contributed by atoms with Crippen LogP contribution >= 0.6 is 0 Å². The zero-order valence-corrected chi connectivity index (χ0v) is 18.0. The van der Waals surface area contributed by atoms with Crippen molar-refractivity contribution in [3.63, 3.8) is 0 Å². The maximum atomic E-state index is 12.0. The molecular weight excluding hydrogens is 390 g/mol. The molecule has 0 radical (unpaired) electrons. The van der Waals surface area contributed by atoms with Crippen molar-refractivity contribution < 1.29 is 9.84 Å². The number of aromatic nitrogens is 3. The number of hydrogen-bond donors (Lipinski definition) is 3. The first-order valence-electron chi connectivity index (χ1n) is 9.98. The highest BCUT2D eigenvalue weighted by atomic mass is 16.5. The van der Waals surface area contributed by atoms with E-state index in [0.29, 0.717) is 16.8 Å². The smallest absolute Gasteiger partial charge is 0.260 e. The molecule has 1 aromatic carbocycles. The summed E-state index contributed by atoms with van der Waals surface area (Å²) in [4.78, 5) is 21.9. The molecule has 3 aromatic rings. The predicted molar refractivity (Wildman–Crippen MR) is 126 cm³/mol. The van der Waals surface area contributed by atoms with Gasteiger partial charge in [0.25, 0.3) is 5.56 Å². The number of rotatable bonds is 8. The fourth-order valence-electron chi connectivity index (χ4n) is 2.89. The van der Waals surface area contributed by atoms with E-state index in [1.807, 2.05) is 61.6 Å². The number of allylic oxidation sites excluding steroid dienone is 6. The molecule has 3 N–H and O–H groups in total. The molecule has 6 nitrogen and oxygen atoms in total. The van der Waals surface area contributed by atoms with E-state index in [9.17, 15) is 9.90 Å². The summed E-state index contributed by atoms with van der Waals surface area (Å²) >= 11 is 0. The van der Waals surface area contributed by atoms with Crippen molar-refractivity contribution in [2.45, 2.75) is 26.4 Å². The summed E-state index contributed by atoms with van der Waals surface area (Å²) in [6.45, 7) is 9.68. The molecule has 0 atom stereocenters. The van der Waals surface area contributed by atoms with Gasteiger partial charge in [-0.2, -0.15) is 0 Å². The summed E-state index contributed by atoms with van der Waals surface area (Å²) in [6, 6.07) is 9.40. The van der Waals surface area contributed by atoms with Crippen molar-refractivity contribution in [3.05, 3.63) is 94.7 Å². The minimum atomic E-state index is -0.873. The molecule has 2 aromatic heterocycles. The van der Waals surface area contributed by atoms with Crippen molar-refractivity contribution in [1.82, 2.24) is 15.0 Å². The Morgan fingerprint density at radius 2 is 2.00 bits per heavy atom. The molecule has 0 aliphatic rings. The average Bonchev–Trinajstić information content (AvgIpc) is 3.16. The van der Waals surface area contributed by atoms with E-state index in [2.05, 4.69) is 21.5 Å². The summed E-state index contributed by atoms with van der Waals surface area (Å²) in [5.74, 6) is 0.704. The van der Waals surface area contributed by atoms with E-state index < -0.39 is 5.60 Å². The molecule has 0 fully saturated rings. The lowest BCUT2D eigenvalue weighted by Gasteiger charge is -2.17. The molecule has 0 amide bonds. The van der Waals surface area contributed by atoms with Gasteiger partial charge in [0.15, 0.2) is 0 Å². The number of fused-ring (bicyclic) bond motifs is 1. The second-order valence-electron chi connectivity index (χ2n) is 7.86. The number of nitrogens with one attached hydrogen (secondary N) is 2. The van der Waals surface area contributed by atoms with Crippen molar-refractivity contribution in [2.75, 3.05) is 6.61 Å². The van der Waals surface area contributed by atoms with Crippen LogP contribution in [0.1, 0.15) is 32.0 Å². The van der Waals surface area contributed by atoms with Gasteiger partial charge in [-0.1, -0.05) is 43.0 Å². The van der Waals surface area contributed by atoms with Gasteiger partial charge in [-0.3, -0.25) is 4.79 Å². The number of aliphatic hydroxyl groups is 1. The molecule has 0 saturated heterocycles. The van der Waals surface area contributed by atoms with Crippen LogP contribution < -0.4 is 10.3 Å². The van der Waals surface area contributed by atoms with E-state index in [1.165, 1.54) is 6.33 Å². The molecule has 0 aliphatic heterocycles. The van der Waals surface area contributed by atoms with Crippen LogP contribution in [0.25, 0.3) is 22.7 Å². The van der Waals surface area contributed by atoms with Crippen LogP contribution in [0.4, 0.5) is 0 Å². The maximum Gasteiger partial charge on any atom is 0.260 e. The third-order valence-corrected chi connectivity index (χ3v) is 4.39. The lowest BCUT2D eigenvalue weighted by Crippen LogP contribution is -2.27. The van der Waals surface area contributed by atoms with Gasteiger partial charge in [0.2, 0.25) is 0 Å². The molecule has 6 heteroatoms. The average molecular weight is 418 g/mol. The monoisotopic (exact) mass is 417 g/mol. The van der Waals surface area contributed by atoms with Crippen LogP contribution in [-0.4, -0.2) is 32.3 Å². The molecule has 3 rings (SSSR count). The first kappa shape index (κ1) is 22.1. The minimum Gasteiger partial charge on any atom is -0.491 e. The van der Waals surface area contributed by atoms with Gasteiger partial charge in [0.1, 0.15) is 18.0 Å². The van der Waals surface area contributed by atoms with Gasteiger partial charge in [0, 0.05) is 5.69 Å². The molecule has 2 heterocycles. The second kappa shape index (κ2) is 9.45. The number of H-pyrrole nitrogens is 2. The molecule has 0 unspecified atom stereocenters. The van der Waals surface area contributed by atoms with E-state index in [-0.39, 0.29) is 12.2 Å². The topological polar surface area (TPSA) is 91.0 Å². The van der Waals surface area contributed by atoms with E-state index >= 15 is 0 Å². The third kappa shape index (κ3) is 6.17. The number of hydrogen-bond acceptors (Lipinski definition) is 4. The van der Waals surface area contributed by atoms with Crippen LogP contribution in [0.3, 0.4) is 0 Å². The minimum absolute atomic E-state index is 0.180. The third-order valence-electron chi connectivity index (χ3n) is 4.39. The Morgan fingerprint density at radius 1 is 1.26 bits per heavy atom. The Morgan fingerprint density at radius 3 is 2.65 bits per heavy atom. The first-order valence-corrected chi connectivity index (χ1v) is 9.98. The Bertz CT molecular complexity index is 1200. The van der Waals surface area contributed by atoms with E-state index in [4.69, 9.17) is 4.74 Å². The molecular formula is C25H27N3O3. The van der Waals surface area contributed by atoms with Crippen molar-refractivity contribution >= 4 is 22.7 Å². The highest BCUT2D eigenvalue weighted by molar-refractivity contribution is 5.84. The zero-order valence-electron chi connectivity index (χ0n) is 18.0. The van der Waals surface area contributed by atoms with E-state index in [1.54, 1.807) is 19.9 Å². The van der Waals surface area contributed by atoms with Crippen LogP contribution in [0.5, 0.6) is 5.75 Å². The van der Waals surface area contributed by atoms with Crippen LogP contribution in [-0.2, 0) is 0 Å². The zero-order chi connectivity index (χ0) is 22.4. The largest absolute Gasteiger partial charge is 0.491 e. The Hall–Kier alpha value is -3.64. The van der Waals surface area contributed by atoms with Gasteiger partial charge >= 0.3 is 0 Å². The highest BCUT2D eigenvalue weighted by Crippen LogP contribution is 2.21. The predicted octanol–water partition coefficient (Wildman–Crippen LogP) is 4.63. The SMILES string of the molecule is C=C(/C=C/c1ccc(OCC(C)(C)O)cc1)/C=C(\C=C/C)c1cc2c(=O)[nH]cnc2[nH]1. The van der Waals surface area contributed by atoms with E-state index in [0.717, 1.165) is 22.4 Å². The fourth-order valence-corrected chi connectivity index (χ4v) is 2.89. The van der Waals surface area contributed by atoms with Gasteiger partial charge < -0.3 is 19.8 Å². The first-order chi connectivity index (χ1) is 14.7. The lowest BCUT2D eigenvalue weighted by molar-refractivity contribution is 0.0285. The van der Waals surface area contributed by atoms with Gasteiger partial charge in [0.05, 0.1) is 17.3 Å². The summed E-state index contributed by atoms with van der Waals surface area (Å²) < 4.78 is 5.57. The van der Waals surface area contributed by atoms with Gasteiger partial charge in [-0.05, 0) is 61.8 Å². The lowest BCUT2D eigenvalue weighted by atomic mass is 10.1. The highest BCUT2D eigenvalue weighted by Gasteiger charge is 2.13. The maximum absolute atomic E-state index is 12.0. The Labute approximate surface area is 181 Å². The number of benzene rings is 1. The summed E-state index contributed by atoms with van der Waals surface area (Å²) in [6.07, 6.45) is 11.1. The van der Waals surface area contributed by atoms with Crippen molar-refractivity contribution in [2.24, 2.45) is 0 Å². The van der Waals surface area contributed by atoms with Crippen LogP contribution in [0.2, 0.25) is 0 Å². The van der Waals surface area contributed by atoms with Crippen molar-refractivity contribution in [3.8, 4) is 5.75 Å². The number of aromatic amines is 2. The quantitative estimate of drug-likeness (QED) is 0.466.